The van der Waals surface area contributed by atoms with E-state index in [1.165, 1.54) is 24.0 Å². The molecule has 0 unspecified atom stereocenters. The molecule has 2 amide bonds. The highest BCUT2D eigenvalue weighted by atomic mass is 19.4. The van der Waals surface area contributed by atoms with E-state index in [9.17, 15) is 32.3 Å². The number of ether oxygens (including phenoxy) is 2. The third-order valence-corrected chi connectivity index (χ3v) is 6.06. The normalized spacial score (nSPS) is 19.8. The van der Waals surface area contributed by atoms with Gasteiger partial charge < -0.3 is 14.8 Å². The van der Waals surface area contributed by atoms with E-state index in [-0.39, 0.29) is 36.8 Å². The summed E-state index contributed by atoms with van der Waals surface area (Å²) in [6.45, 7) is 1.79. The number of Topliss-reactive ketones (excluding diaryl/α,β-unsaturated/α-hetero) is 2. The number of ketones is 2. The van der Waals surface area contributed by atoms with Crippen molar-refractivity contribution in [2.45, 2.75) is 38.7 Å². The number of anilines is 1. The second-order valence-corrected chi connectivity index (χ2v) is 8.64. The lowest BCUT2D eigenvalue weighted by molar-refractivity contribution is -0.274. The lowest BCUT2D eigenvalue weighted by atomic mass is 9.88. The van der Waals surface area contributed by atoms with Crippen molar-refractivity contribution in [3.8, 4) is 5.75 Å². The van der Waals surface area contributed by atoms with Crippen molar-refractivity contribution >= 4 is 29.3 Å². The van der Waals surface area contributed by atoms with Crippen molar-refractivity contribution in [3.63, 3.8) is 0 Å². The summed E-state index contributed by atoms with van der Waals surface area (Å²) in [6.07, 6.45) is -4.58. The zero-order valence-corrected chi connectivity index (χ0v) is 19.3. The molecule has 0 radical (unpaired) electrons. The van der Waals surface area contributed by atoms with Crippen LogP contribution in [0, 0.1) is 5.92 Å². The van der Waals surface area contributed by atoms with Gasteiger partial charge in [0.1, 0.15) is 11.9 Å². The molecule has 190 valence electrons. The Morgan fingerprint density at radius 1 is 1.14 bits per heavy atom. The Hall–Kier alpha value is -3.89. The zero-order valence-electron chi connectivity index (χ0n) is 19.3. The van der Waals surface area contributed by atoms with Crippen LogP contribution in [0.4, 0.5) is 23.7 Å². The maximum absolute atomic E-state index is 13.3. The summed E-state index contributed by atoms with van der Waals surface area (Å²) in [5.74, 6) is -2.50. The lowest BCUT2D eigenvalue weighted by Crippen LogP contribution is -2.33. The van der Waals surface area contributed by atoms with Gasteiger partial charge >= 0.3 is 12.5 Å². The van der Waals surface area contributed by atoms with Crippen molar-refractivity contribution in [2.24, 2.45) is 5.92 Å². The number of nitrogens with one attached hydrogen (secondary N) is 1. The molecule has 1 N–H and O–H groups in total. The number of amides is 2. The van der Waals surface area contributed by atoms with Crippen LogP contribution >= 0.6 is 0 Å². The van der Waals surface area contributed by atoms with E-state index in [2.05, 4.69) is 10.1 Å². The first kappa shape index (κ1) is 25.2. The second-order valence-electron chi connectivity index (χ2n) is 8.64. The van der Waals surface area contributed by atoms with Crippen LogP contribution in [0.25, 0.3) is 0 Å². The zero-order chi connectivity index (χ0) is 26.0. The summed E-state index contributed by atoms with van der Waals surface area (Å²) in [5, 5.41) is 2.61. The molecule has 4 rings (SSSR count). The number of hydrogen-bond donors (Lipinski definition) is 1. The maximum Gasteiger partial charge on any atom is 0.573 e. The van der Waals surface area contributed by atoms with Gasteiger partial charge in [0.2, 0.25) is 5.91 Å². The molecule has 2 aliphatic rings. The van der Waals surface area contributed by atoms with E-state index >= 15 is 0 Å². The Kier molecular flexibility index (Phi) is 7.00. The fourth-order valence-corrected chi connectivity index (χ4v) is 4.38. The van der Waals surface area contributed by atoms with Crippen LogP contribution in [0.15, 0.2) is 42.5 Å². The third-order valence-electron chi connectivity index (χ3n) is 6.06. The van der Waals surface area contributed by atoms with Gasteiger partial charge in [-0.05, 0) is 67.3 Å². The molecule has 1 fully saturated rings. The third kappa shape index (κ3) is 5.67. The first-order valence-electron chi connectivity index (χ1n) is 11.3. The minimum absolute atomic E-state index is 0.118. The van der Waals surface area contributed by atoms with Crippen LogP contribution in [0.1, 0.15) is 46.0 Å². The monoisotopic (exact) mass is 504 g/mol. The van der Waals surface area contributed by atoms with Crippen LogP contribution in [-0.2, 0) is 16.0 Å². The molecule has 0 saturated carbocycles. The van der Waals surface area contributed by atoms with Gasteiger partial charge in [-0.3, -0.25) is 19.3 Å². The number of carbonyl (C=O) groups excluding carboxylic acids is 4. The summed E-state index contributed by atoms with van der Waals surface area (Å²) >= 11 is 0. The Labute approximate surface area is 204 Å². The van der Waals surface area contributed by atoms with Crippen LogP contribution < -0.4 is 15.0 Å². The minimum atomic E-state index is -4.84. The number of rotatable bonds is 6. The first-order chi connectivity index (χ1) is 17.0. The predicted octanol–water partition coefficient (Wildman–Crippen LogP) is 4.06. The van der Waals surface area contributed by atoms with Gasteiger partial charge in [-0.15, -0.1) is 13.2 Å². The summed E-state index contributed by atoms with van der Waals surface area (Å²) < 4.78 is 46.3. The number of carbonyl (C=O) groups is 4. The molecule has 0 bridgehead atoms. The number of halogens is 3. The Morgan fingerprint density at radius 3 is 2.53 bits per heavy atom. The van der Waals surface area contributed by atoms with Gasteiger partial charge in [0, 0.05) is 23.7 Å². The van der Waals surface area contributed by atoms with Gasteiger partial charge in [-0.1, -0.05) is 0 Å². The Morgan fingerprint density at radius 2 is 1.86 bits per heavy atom. The lowest BCUT2D eigenvalue weighted by Gasteiger charge is -2.17. The Bertz CT molecular complexity index is 1200. The van der Waals surface area contributed by atoms with Crippen molar-refractivity contribution in [3.05, 3.63) is 59.2 Å². The van der Waals surface area contributed by atoms with Crippen molar-refractivity contribution in [2.75, 3.05) is 18.0 Å². The highest BCUT2D eigenvalue weighted by Gasteiger charge is 2.35. The smallest absolute Gasteiger partial charge is 0.442 e. The molecule has 1 heterocycles. The maximum atomic E-state index is 13.3. The second kappa shape index (κ2) is 10.00. The molecule has 2 aromatic carbocycles. The van der Waals surface area contributed by atoms with Gasteiger partial charge in [0.05, 0.1) is 19.0 Å². The van der Waals surface area contributed by atoms with Gasteiger partial charge in [0.25, 0.3) is 0 Å². The summed E-state index contributed by atoms with van der Waals surface area (Å²) in [7, 11) is 0. The fraction of sp³-hybridized carbons (Fsp3) is 0.360. The molecule has 11 heteroatoms. The van der Waals surface area contributed by atoms with Gasteiger partial charge in [0.15, 0.2) is 11.6 Å². The van der Waals surface area contributed by atoms with E-state index in [1.807, 2.05) is 0 Å². The molecular weight excluding hydrogens is 481 g/mol. The van der Waals surface area contributed by atoms with E-state index in [1.54, 1.807) is 18.2 Å². The molecule has 36 heavy (non-hydrogen) atoms. The van der Waals surface area contributed by atoms with Gasteiger partial charge in [-0.25, -0.2) is 4.79 Å². The van der Waals surface area contributed by atoms with Crippen LogP contribution in [-0.4, -0.2) is 49.1 Å². The topological polar surface area (TPSA) is 102 Å². The summed E-state index contributed by atoms with van der Waals surface area (Å²) in [5.41, 5.74) is 1.73. The standard InChI is InChI=1S/C25H23F3N2O6/c1-14(31)29-12-19-13-30(24(34)35-19)17-7-10-20-16(11-17)3-2-4-21(23(20)33)22(32)15-5-8-18(9-6-15)36-25(26,27)28/h5-11,19,21H,2-4,12-13H2,1H3,(H,29,31)/t19-,21+/m0/s1. The number of nitrogens with zero attached hydrogens (tertiary/aromatic N) is 1. The highest BCUT2D eigenvalue weighted by Crippen LogP contribution is 2.32. The summed E-state index contributed by atoms with van der Waals surface area (Å²) in [6, 6.07) is 9.41. The molecule has 1 saturated heterocycles. The number of alkyl halides is 3. The van der Waals surface area contributed by atoms with E-state index < -0.39 is 36.0 Å². The summed E-state index contributed by atoms with van der Waals surface area (Å²) in [4.78, 5) is 51.2. The first-order valence-corrected chi connectivity index (χ1v) is 11.3. The molecule has 2 atom stereocenters. The average Bonchev–Trinajstić information content (AvgIpc) is 3.11. The molecule has 1 aliphatic heterocycles. The number of cyclic esters (lactones) is 1. The molecule has 0 aromatic heterocycles. The molecule has 8 nitrogen and oxygen atoms in total. The van der Waals surface area contributed by atoms with Crippen LogP contribution in [0.5, 0.6) is 5.75 Å². The number of hydrogen-bond acceptors (Lipinski definition) is 6. The molecular formula is C25H23F3N2O6. The highest BCUT2D eigenvalue weighted by molar-refractivity contribution is 6.17. The van der Waals surface area contributed by atoms with Crippen molar-refractivity contribution in [1.82, 2.24) is 5.32 Å². The molecule has 0 spiro atoms. The number of fused-ring (bicyclic) bond motifs is 1. The Balaban J connectivity index is 1.49. The van der Waals surface area contributed by atoms with E-state index in [0.29, 0.717) is 29.7 Å². The van der Waals surface area contributed by atoms with Crippen LogP contribution in [0.2, 0.25) is 0 Å². The molecule has 1 aliphatic carbocycles. The minimum Gasteiger partial charge on any atom is -0.442 e. The largest absolute Gasteiger partial charge is 0.573 e. The average molecular weight is 504 g/mol. The van der Waals surface area contributed by atoms with E-state index in [0.717, 1.165) is 12.1 Å². The predicted molar refractivity (Wildman–Crippen MR) is 121 cm³/mol. The quantitative estimate of drug-likeness (QED) is 0.362. The van der Waals surface area contributed by atoms with Crippen LogP contribution in [0.3, 0.4) is 0 Å². The van der Waals surface area contributed by atoms with Crippen molar-refractivity contribution in [1.29, 1.82) is 0 Å². The van der Waals surface area contributed by atoms with Gasteiger partial charge in [-0.2, -0.15) is 0 Å². The van der Waals surface area contributed by atoms with Crippen molar-refractivity contribution < 1.29 is 41.8 Å². The fourth-order valence-electron chi connectivity index (χ4n) is 4.38. The van der Waals surface area contributed by atoms with E-state index in [4.69, 9.17) is 4.74 Å². The SMILES string of the molecule is CC(=O)NC[C@H]1CN(c2ccc3c(c2)CCC[C@H](C(=O)c2ccc(OC(F)(F)F)cc2)C3=O)C(=O)O1. The molecule has 2 aromatic rings. The number of benzene rings is 2. The number of aryl methyl sites for hydroxylation is 1.